The maximum atomic E-state index is 4.96. The van der Waals surface area contributed by atoms with Gasteiger partial charge in [0.2, 0.25) is 0 Å². The van der Waals surface area contributed by atoms with E-state index in [2.05, 4.69) is 13.8 Å². The summed E-state index contributed by atoms with van der Waals surface area (Å²) in [5.41, 5.74) is 1.28. The lowest BCUT2D eigenvalue weighted by Crippen LogP contribution is -1.74. The summed E-state index contributed by atoms with van der Waals surface area (Å²) in [6.07, 6.45) is 5.61. The summed E-state index contributed by atoms with van der Waals surface area (Å²) in [7, 11) is 0. The van der Waals surface area contributed by atoms with Crippen molar-refractivity contribution in [1.29, 1.82) is 0 Å². The van der Waals surface area contributed by atoms with Gasteiger partial charge in [-0.05, 0) is 26.8 Å². The molecular formula is C8H14O. The minimum absolute atomic E-state index is 0.743. The van der Waals surface area contributed by atoms with E-state index in [0.29, 0.717) is 0 Å². The molecule has 0 saturated heterocycles. The minimum Gasteiger partial charge on any atom is -0.501 e. The van der Waals surface area contributed by atoms with Gasteiger partial charge in [0.15, 0.2) is 0 Å². The van der Waals surface area contributed by atoms with Crippen LogP contribution in [-0.4, -0.2) is 6.61 Å². The van der Waals surface area contributed by atoms with Crippen molar-refractivity contribution in [3.05, 3.63) is 24.0 Å². The van der Waals surface area contributed by atoms with Crippen molar-refractivity contribution in [3.63, 3.8) is 0 Å². The second kappa shape index (κ2) is 5.42. The van der Waals surface area contributed by atoms with E-state index in [1.807, 2.05) is 19.1 Å². The van der Waals surface area contributed by atoms with Crippen LogP contribution < -0.4 is 0 Å². The molecule has 0 N–H and O–H groups in total. The van der Waals surface area contributed by atoms with E-state index in [1.165, 1.54) is 5.57 Å². The van der Waals surface area contributed by atoms with Gasteiger partial charge in [-0.25, -0.2) is 0 Å². The molecule has 0 bridgehead atoms. The second-order valence-corrected chi connectivity index (χ2v) is 2.03. The largest absolute Gasteiger partial charge is 0.501 e. The van der Waals surface area contributed by atoms with Crippen LogP contribution in [0.4, 0.5) is 0 Å². The van der Waals surface area contributed by atoms with E-state index >= 15 is 0 Å². The van der Waals surface area contributed by atoms with E-state index in [4.69, 9.17) is 4.74 Å². The quantitative estimate of drug-likeness (QED) is 0.417. The maximum Gasteiger partial charge on any atom is 0.0845 e. The van der Waals surface area contributed by atoms with Gasteiger partial charge < -0.3 is 4.74 Å². The molecule has 0 aromatic carbocycles. The zero-order chi connectivity index (χ0) is 7.11. The number of hydrogen-bond donors (Lipinski definition) is 0. The Balaban J connectivity index is 3.35. The molecule has 52 valence electrons. The lowest BCUT2D eigenvalue weighted by atomic mass is 10.3. The van der Waals surface area contributed by atoms with E-state index in [1.54, 1.807) is 6.26 Å². The molecule has 0 unspecified atom stereocenters. The SMILES string of the molecule is CCO/C=C/C=C(C)C. The molecule has 0 aromatic heterocycles. The van der Waals surface area contributed by atoms with Crippen molar-refractivity contribution in [3.8, 4) is 0 Å². The summed E-state index contributed by atoms with van der Waals surface area (Å²) in [5, 5.41) is 0. The van der Waals surface area contributed by atoms with Crippen molar-refractivity contribution in [2.45, 2.75) is 20.8 Å². The van der Waals surface area contributed by atoms with Gasteiger partial charge in [-0.3, -0.25) is 0 Å². The Bertz CT molecular complexity index is 108. The summed E-state index contributed by atoms with van der Waals surface area (Å²) in [5.74, 6) is 0. The van der Waals surface area contributed by atoms with Crippen LogP contribution in [0.2, 0.25) is 0 Å². The van der Waals surface area contributed by atoms with Crippen LogP contribution in [0.1, 0.15) is 20.8 Å². The zero-order valence-corrected chi connectivity index (χ0v) is 6.35. The number of ether oxygens (including phenoxy) is 1. The third kappa shape index (κ3) is 7.28. The third-order valence-electron chi connectivity index (χ3n) is 0.771. The van der Waals surface area contributed by atoms with Gasteiger partial charge in [0, 0.05) is 0 Å². The van der Waals surface area contributed by atoms with E-state index in [9.17, 15) is 0 Å². The van der Waals surface area contributed by atoms with Crippen LogP contribution in [0, 0.1) is 0 Å². The molecule has 0 aliphatic heterocycles. The summed E-state index contributed by atoms with van der Waals surface area (Å²) >= 11 is 0. The highest BCUT2D eigenvalue weighted by molar-refractivity contribution is 5.06. The second-order valence-electron chi connectivity index (χ2n) is 2.03. The van der Waals surface area contributed by atoms with Crippen molar-refractivity contribution in [2.24, 2.45) is 0 Å². The zero-order valence-electron chi connectivity index (χ0n) is 6.35. The first-order chi connectivity index (χ1) is 4.27. The first-order valence-corrected chi connectivity index (χ1v) is 3.19. The van der Waals surface area contributed by atoms with Crippen molar-refractivity contribution >= 4 is 0 Å². The van der Waals surface area contributed by atoms with E-state index in [-0.39, 0.29) is 0 Å². The predicted octanol–water partition coefficient (Wildman–Crippen LogP) is 2.50. The molecule has 1 nitrogen and oxygen atoms in total. The summed E-state index contributed by atoms with van der Waals surface area (Å²) < 4.78 is 4.96. The smallest absolute Gasteiger partial charge is 0.0845 e. The van der Waals surface area contributed by atoms with E-state index < -0.39 is 0 Å². The van der Waals surface area contributed by atoms with Crippen LogP contribution >= 0.6 is 0 Å². The summed E-state index contributed by atoms with van der Waals surface area (Å²) in [6.45, 7) is 6.81. The topological polar surface area (TPSA) is 9.23 Å². The molecule has 0 fully saturated rings. The molecule has 0 heterocycles. The van der Waals surface area contributed by atoms with Crippen LogP contribution in [0.5, 0.6) is 0 Å². The monoisotopic (exact) mass is 126 g/mol. The van der Waals surface area contributed by atoms with Crippen molar-refractivity contribution in [1.82, 2.24) is 0 Å². The van der Waals surface area contributed by atoms with E-state index in [0.717, 1.165) is 6.61 Å². The normalized spacial score (nSPS) is 9.67. The molecule has 1 heteroatoms. The Morgan fingerprint density at radius 3 is 2.56 bits per heavy atom. The molecule has 9 heavy (non-hydrogen) atoms. The number of hydrogen-bond acceptors (Lipinski definition) is 1. The highest BCUT2D eigenvalue weighted by atomic mass is 16.5. The molecule has 0 radical (unpaired) electrons. The molecule has 0 atom stereocenters. The van der Waals surface area contributed by atoms with Gasteiger partial charge in [-0.2, -0.15) is 0 Å². The first kappa shape index (κ1) is 8.28. The Morgan fingerprint density at radius 2 is 2.11 bits per heavy atom. The molecular weight excluding hydrogens is 112 g/mol. The standard InChI is InChI=1S/C8H14O/c1-4-9-7-5-6-8(2)3/h5-7H,4H2,1-3H3/b7-5+. The highest BCUT2D eigenvalue weighted by Gasteiger charge is 1.69. The molecule has 0 rings (SSSR count). The van der Waals surface area contributed by atoms with Gasteiger partial charge >= 0.3 is 0 Å². The molecule has 0 aromatic rings. The van der Waals surface area contributed by atoms with Gasteiger partial charge in [0.1, 0.15) is 0 Å². The Hall–Kier alpha value is -0.720. The van der Waals surface area contributed by atoms with Crippen LogP contribution in [0.25, 0.3) is 0 Å². The Labute approximate surface area is 57.0 Å². The van der Waals surface area contributed by atoms with Crippen molar-refractivity contribution in [2.75, 3.05) is 6.61 Å². The van der Waals surface area contributed by atoms with Crippen LogP contribution in [0.15, 0.2) is 24.0 Å². The first-order valence-electron chi connectivity index (χ1n) is 3.19. The van der Waals surface area contributed by atoms with Crippen LogP contribution in [0.3, 0.4) is 0 Å². The molecule has 0 amide bonds. The lowest BCUT2D eigenvalue weighted by Gasteiger charge is -1.89. The molecule has 0 spiro atoms. The third-order valence-corrected chi connectivity index (χ3v) is 0.771. The van der Waals surface area contributed by atoms with Gasteiger partial charge in [-0.15, -0.1) is 0 Å². The minimum atomic E-state index is 0.743. The summed E-state index contributed by atoms with van der Waals surface area (Å²) in [4.78, 5) is 0. The number of rotatable bonds is 3. The highest BCUT2D eigenvalue weighted by Crippen LogP contribution is 1.88. The summed E-state index contributed by atoms with van der Waals surface area (Å²) in [6, 6.07) is 0. The fraction of sp³-hybridized carbons (Fsp3) is 0.500. The molecule has 0 aliphatic carbocycles. The average molecular weight is 126 g/mol. The van der Waals surface area contributed by atoms with Gasteiger partial charge in [0.05, 0.1) is 12.9 Å². The fourth-order valence-electron chi connectivity index (χ4n) is 0.384. The van der Waals surface area contributed by atoms with Crippen molar-refractivity contribution < 1.29 is 4.74 Å². The number of allylic oxidation sites excluding steroid dienone is 3. The van der Waals surface area contributed by atoms with Gasteiger partial charge in [0.25, 0.3) is 0 Å². The van der Waals surface area contributed by atoms with Crippen LogP contribution in [-0.2, 0) is 4.74 Å². The van der Waals surface area contributed by atoms with Gasteiger partial charge in [-0.1, -0.05) is 11.6 Å². The maximum absolute atomic E-state index is 4.96. The molecule has 0 aliphatic rings. The average Bonchev–Trinajstić information content (AvgIpc) is 1.80. The fourth-order valence-corrected chi connectivity index (χ4v) is 0.384. The Morgan fingerprint density at radius 1 is 1.44 bits per heavy atom. The Kier molecular flexibility index (Phi) is 4.98. The lowest BCUT2D eigenvalue weighted by molar-refractivity contribution is 0.269. The predicted molar refractivity (Wildman–Crippen MR) is 40.2 cm³/mol. The molecule has 0 saturated carbocycles.